The van der Waals surface area contributed by atoms with E-state index in [9.17, 15) is 0 Å². The van der Waals surface area contributed by atoms with Crippen LogP contribution in [-0.2, 0) is 0 Å². The van der Waals surface area contributed by atoms with Crippen molar-refractivity contribution in [3.8, 4) is 72.7 Å². The Bertz CT molecular complexity index is 8750. The van der Waals surface area contributed by atoms with Gasteiger partial charge in [0.05, 0.1) is 33.1 Å². The zero-order chi connectivity index (χ0) is 91.6. The number of para-hydroxylation sites is 8. The lowest BCUT2D eigenvalue weighted by Crippen LogP contribution is -2.10. The smallest absolute Gasteiger partial charge is 0.0541 e. The van der Waals surface area contributed by atoms with Crippen LogP contribution in [0, 0.1) is 0 Å². The molecule has 6 heteroatoms. The Balaban J connectivity index is 0.000000113. The molecule has 0 amide bonds. The highest BCUT2D eigenvalue weighted by Crippen LogP contribution is 2.45. The third kappa shape index (κ3) is 16.1. The molecule has 6 nitrogen and oxygen atoms in total. The molecular weight excluding hydrogens is 1670 g/mol. The number of hydrogen-bond donors (Lipinski definition) is 0. The van der Waals surface area contributed by atoms with Crippen LogP contribution in [0.1, 0.15) is 0 Å². The Hall–Kier alpha value is -18.4. The number of rotatable bonds is 17. The summed E-state index contributed by atoms with van der Waals surface area (Å²) in [7, 11) is 0. The SMILES string of the molecule is c1ccc(-c2ccc(N(c3ccc(-c4ccc5ccccc5c4)cc3)c3ccc(-n4c5ccccc5c5ccccc54)cc3)cc2)cc1.c1ccc(N(c2ccc(-c3ccc(-n4c5ccccc5c5ccccc54)cc3)cc2)c2ccc(-c3ccc4ccccc4c3)cc2)cc1.c1ccc(N(c2cccc(-c3ccc4ccccc4c3)c2)c2cccc(-n3c4ccccc4c4ccccc43)c2)cc1. The molecule has 650 valence electrons. The van der Waals surface area contributed by atoms with Crippen LogP contribution in [0.25, 0.3) is 170 Å². The average Bonchev–Trinajstić information content (AvgIpc) is 1.69. The van der Waals surface area contributed by atoms with E-state index in [1.807, 2.05) is 0 Å². The van der Waals surface area contributed by atoms with Gasteiger partial charge in [-0.05, 0) is 282 Å². The maximum Gasteiger partial charge on any atom is 0.0541 e. The molecule has 0 unspecified atom stereocenters. The summed E-state index contributed by atoms with van der Waals surface area (Å²) in [6, 6.07) is 201. The van der Waals surface area contributed by atoms with Gasteiger partial charge in [0.1, 0.15) is 0 Å². The standard InChI is InChI=1S/2C46H32N2.C40H28N2/c1-2-12-39(13-3-1)47(41-28-24-36(25-29-41)38-19-18-33-10-4-5-11-37(33)32-38)40-26-20-34(21-27-40)35-22-30-42(31-23-35)48-45-16-8-6-14-43(45)44-15-7-9-17-46(44)48;1-2-10-33(11-3-1)35-20-24-39(25-21-35)47(40-26-22-36(23-27-40)38-19-18-34-12-4-5-13-37(34)32-38)41-28-30-42(31-29-41)48-45-16-8-6-14-43(45)44-15-7-9-17-46(44)48;1-2-15-33(16-3-1)41(34-17-10-14-31(27-34)32-25-24-29-12-4-5-13-30(29)26-32)35-18-11-19-36(28-35)42-39-22-8-6-20-37(39)38-21-7-9-23-40(38)42/h2*1-32H;1-28H. The second-order valence-electron chi connectivity index (χ2n) is 35.2. The van der Waals surface area contributed by atoms with Gasteiger partial charge in [0, 0.05) is 101 Å². The summed E-state index contributed by atoms with van der Waals surface area (Å²) in [6.45, 7) is 0. The summed E-state index contributed by atoms with van der Waals surface area (Å²) in [5.41, 5.74) is 32.8. The van der Waals surface area contributed by atoms with Crippen LogP contribution < -0.4 is 14.7 Å². The molecule has 23 aromatic carbocycles. The van der Waals surface area contributed by atoms with Gasteiger partial charge < -0.3 is 28.4 Å². The number of aromatic nitrogens is 3. The minimum absolute atomic E-state index is 1.10. The maximum atomic E-state index is 2.38. The van der Waals surface area contributed by atoms with Crippen molar-refractivity contribution in [2.45, 2.75) is 0 Å². The lowest BCUT2D eigenvalue weighted by atomic mass is 10.0. The first kappa shape index (κ1) is 82.8. The van der Waals surface area contributed by atoms with Gasteiger partial charge in [-0.1, -0.05) is 364 Å². The fourth-order valence-corrected chi connectivity index (χ4v) is 20.2. The fraction of sp³-hybridized carbons (Fsp3) is 0. The Morgan fingerprint density at radius 2 is 0.312 bits per heavy atom. The predicted molar refractivity (Wildman–Crippen MR) is 586 cm³/mol. The maximum absolute atomic E-state index is 2.38. The van der Waals surface area contributed by atoms with Crippen molar-refractivity contribution in [3.63, 3.8) is 0 Å². The molecule has 0 spiro atoms. The predicted octanol–water partition coefficient (Wildman–Crippen LogP) is 36.6. The van der Waals surface area contributed by atoms with Crippen molar-refractivity contribution in [2.75, 3.05) is 14.7 Å². The summed E-state index contributed by atoms with van der Waals surface area (Å²) in [5.74, 6) is 0. The summed E-state index contributed by atoms with van der Waals surface area (Å²) in [6.07, 6.45) is 0. The summed E-state index contributed by atoms with van der Waals surface area (Å²) in [4.78, 5) is 7.01. The number of fused-ring (bicyclic) bond motifs is 12. The number of nitrogens with zero attached hydrogens (tertiary/aromatic N) is 6. The fourth-order valence-electron chi connectivity index (χ4n) is 20.2. The highest BCUT2D eigenvalue weighted by Gasteiger charge is 2.22. The summed E-state index contributed by atoms with van der Waals surface area (Å²) < 4.78 is 7.11. The second-order valence-corrected chi connectivity index (χ2v) is 35.2. The highest BCUT2D eigenvalue weighted by molar-refractivity contribution is 6.12. The zero-order valence-electron chi connectivity index (χ0n) is 75.8. The molecule has 0 saturated carbocycles. The van der Waals surface area contributed by atoms with Crippen molar-refractivity contribution in [2.24, 2.45) is 0 Å². The minimum atomic E-state index is 1.10. The van der Waals surface area contributed by atoms with Gasteiger partial charge >= 0.3 is 0 Å². The molecule has 0 bridgehead atoms. The molecule has 26 rings (SSSR count). The van der Waals surface area contributed by atoms with E-state index >= 15 is 0 Å². The molecule has 0 aliphatic heterocycles. The van der Waals surface area contributed by atoms with Crippen LogP contribution >= 0.6 is 0 Å². The molecule has 0 radical (unpaired) electrons. The number of benzene rings is 23. The quantitative estimate of drug-likeness (QED) is 0.0908. The van der Waals surface area contributed by atoms with Gasteiger partial charge in [0.25, 0.3) is 0 Å². The Morgan fingerprint density at radius 1 is 0.109 bits per heavy atom. The average molecular weight is 1760 g/mol. The van der Waals surface area contributed by atoms with Crippen molar-refractivity contribution in [3.05, 3.63) is 558 Å². The number of hydrogen-bond acceptors (Lipinski definition) is 3. The monoisotopic (exact) mass is 1760 g/mol. The van der Waals surface area contributed by atoms with Crippen molar-refractivity contribution < 1.29 is 0 Å². The van der Waals surface area contributed by atoms with Crippen LogP contribution in [0.15, 0.2) is 558 Å². The van der Waals surface area contributed by atoms with E-state index < -0.39 is 0 Å². The van der Waals surface area contributed by atoms with Gasteiger partial charge in [-0.2, -0.15) is 0 Å². The lowest BCUT2D eigenvalue weighted by molar-refractivity contribution is 1.17. The van der Waals surface area contributed by atoms with Crippen molar-refractivity contribution in [1.82, 2.24) is 13.7 Å². The third-order valence-electron chi connectivity index (χ3n) is 26.9. The normalized spacial score (nSPS) is 11.3. The Labute approximate surface area is 802 Å². The van der Waals surface area contributed by atoms with E-state index in [1.54, 1.807) is 0 Å². The lowest BCUT2D eigenvalue weighted by Gasteiger charge is -2.26. The molecule has 3 aromatic heterocycles. The van der Waals surface area contributed by atoms with Gasteiger partial charge in [-0.15, -0.1) is 0 Å². The van der Waals surface area contributed by atoms with Crippen LogP contribution in [-0.4, -0.2) is 13.7 Å². The molecule has 0 fully saturated rings. The summed E-state index contributed by atoms with van der Waals surface area (Å²) in [5, 5.41) is 15.1. The molecule has 0 aliphatic rings. The first-order valence-electron chi connectivity index (χ1n) is 47.2. The van der Waals surface area contributed by atoms with E-state index in [4.69, 9.17) is 0 Å². The van der Waals surface area contributed by atoms with Crippen molar-refractivity contribution >= 4 is 149 Å². The molecule has 138 heavy (non-hydrogen) atoms. The van der Waals surface area contributed by atoms with Crippen LogP contribution in [0.2, 0.25) is 0 Å². The first-order chi connectivity index (χ1) is 68.4. The van der Waals surface area contributed by atoms with E-state index in [0.29, 0.717) is 0 Å². The zero-order valence-corrected chi connectivity index (χ0v) is 75.8. The molecule has 0 saturated heterocycles. The van der Waals surface area contributed by atoms with Crippen molar-refractivity contribution in [1.29, 1.82) is 0 Å². The molecular formula is C132H92N6. The largest absolute Gasteiger partial charge is 0.311 e. The molecule has 0 N–H and O–H groups in total. The van der Waals surface area contributed by atoms with Crippen LogP contribution in [0.3, 0.4) is 0 Å². The van der Waals surface area contributed by atoms with Gasteiger partial charge in [0.15, 0.2) is 0 Å². The van der Waals surface area contributed by atoms with E-state index in [0.717, 1.165) is 68.2 Å². The summed E-state index contributed by atoms with van der Waals surface area (Å²) >= 11 is 0. The Morgan fingerprint density at radius 3 is 0.659 bits per heavy atom. The minimum Gasteiger partial charge on any atom is -0.311 e. The Kier molecular flexibility index (Phi) is 22.0. The van der Waals surface area contributed by atoms with Crippen LogP contribution in [0.4, 0.5) is 51.2 Å². The topological polar surface area (TPSA) is 24.5 Å². The highest BCUT2D eigenvalue weighted by atomic mass is 15.2. The molecule has 0 aliphatic carbocycles. The second kappa shape index (κ2) is 36.7. The van der Waals surface area contributed by atoms with E-state index in [1.165, 1.54) is 153 Å². The molecule has 0 atom stereocenters. The van der Waals surface area contributed by atoms with Gasteiger partial charge in [-0.25, -0.2) is 0 Å². The molecule has 26 aromatic rings. The van der Waals surface area contributed by atoms with Crippen LogP contribution in [0.5, 0.6) is 0 Å². The first-order valence-corrected chi connectivity index (χ1v) is 47.2. The third-order valence-corrected chi connectivity index (χ3v) is 26.9. The van der Waals surface area contributed by atoms with E-state index in [2.05, 4.69) is 587 Å². The number of anilines is 9. The van der Waals surface area contributed by atoms with Gasteiger partial charge in [0.2, 0.25) is 0 Å². The van der Waals surface area contributed by atoms with Gasteiger partial charge in [-0.3, -0.25) is 0 Å². The van der Waals surface area contributed by atoms with E-state index in [-0.39, 0.29) is 0 Å². The molecule has 3 heterocycles.